The average molecular weight is 258 g/mol. The van der Waals surface area contributed by atoms with E-state index in [1.807, 2.05) is 6.92 Å². The van der Waals surface area contributed by atoms with Crippen LogP contribution in [0.1, 0.15) is 13.3 Å². The molecule has 0 aromatic heterocycles. The highest BCUT2D eigenvalue weighted by atomic mass is 35.5. The van der Waals surface area contributed by atoms with Gasteiger partial charge in [-0.25, -0.2) is 0 Å². The molecule has 2 N–H and O–H groups in total. The van der Waals surface area contributed by atoms with Gasteiger partial charge >= 0.3 is 0 Å². The number of hydrogen-bond donors (Lipinski definition) is 2. The molecule has 0 spiro atoms. The van der Waals surface area contributed by atoms with Crippen molar-refractivity contribution in [3.63, 3.8) is 0 Å². The Bertz CT molecular complexity index is 367. The predicted molar refractivity (Wildman–Crippen MR) is 66.3 cm³/mol. The predicted octanol–water partition coefficient (Wildman–Crippen LogP) is 1.61. The molecule has 1 aromatic rings. The zero-order valence-corrected chi connectivity index (χ0v) is 10.4. The van der Waals surface area contributed by atoms with Gasteiger partial charge in [0, 0.05) is 5.02 Å². The Balaban J connectivity index is 2.38. The Labute approximate surface area is 106 Å². The number of aliphatic hydroxyl groups is 1. The molecule has 0 aliphatic carbocycles. The van der Waals surface area contributed by atoms with Crippen LogP contribution >= 0.6 is 11.6 Å². The number of aliphatic hydroxyl groups excluding tert-OH is 1. The van der Waals surface area contributed by atoms with Crippen molar-refractivity contribution >= 4 is 17.5 Å². The van der Waals surface area contributed by atoms with Gasteiger partial charge in [-0.2, -0.15) is 0 Å². The number of hydrogen-bond acceptors (Lipinski definition) is 3. The van der Waals surface area contributed by atoms with Gasteiger partial charge in [0.25, 0.3) is 5.91 Å². The van der Waals surface area contributed by atoms with Gasteiger partial charge in [0.05, 0.1) is 12.6 Å². The van der Waals surface area contributed by atoms with E-state index in [-0.39, 0.29) is 25.2 Å². The zero-order chi connectivity index (χ0) is 12.7. The number of amides is 1. The maximum absolute atomic E-state index is 11.4. The minimum atomic E-state index is -0.258. The van der Waals surface area contributed by atoms with Gasteiger partial charge in [0.1, 0.15) is 5.75 Å². The number of carbonyl (C=O) groups is 1. The van der Waals surface area contributed by atoms with Crippen LogP contribution in [0.4, 0.5) is 0 Å². The molecule has 1 amide bonds. The van der Waals surface area contributed by atoms with Crippen LogP contribution in [-0.2, 0) is 4.79 Å². The summed E-state index contributed by atoms with van der Waals surface area (Å²) in [6.45, 7) is 1.73. The molecule has 0 aliphatic heterocycles. The molecule has 0 unspecified atom stereocenters. The molecule has 1 aromatic carbocycles. The first-order valence-electron chi connectivity index (χ1n) is 5.44. The van der Waals surface area contributed by atoms with Gasteiger partial charge in [-0.1, -0.05) is 24.6 Å². The van der Waals surface area contributed by atoms with Gasteiger partial charge in [-0.05, 0) is 24.6 Å². The fourth-order valence-corrected chi connectivity index (χ4v) is 1.43. The van der Waals surface area contributed by atoms with Crippen LogP contribution in [-0.4, -0.2) is 30.3 Å². The summed E-state index contributed by atoms with van der Waals surface area (Å²) in [5.74, 6) is 0.288. The highest BCUT2D eigenvalue weighted by molar-refractivity contribution is 6.30. The largest absolute Gasteiger partial charge is 0.484 e. The number of carbonyl (C=O) groups excluding carboxylic acids is 1. The molecule has 1 atom stereocenters. The summed E-state index contributed by atoms with van der Waals surface area (Å²) in [4.78, 5) is 11.4. The molecule has 5 heteroatoms. The van der Waals surface area contributed by atoms with E-state index in [1.165, 1.54) is 0 Å². The topological polar surface area (TPSA) is 58.6 Å². The van der Waals surface area contributed by atoms with E-state index in [9.17, 15) is 4.79 Å². The summed E-state index contributed by atoms with van der Waals surface area (Å²) in [6, 6.07) is 6.62. The van der Waals surface area contributed by atoms with Crippen LogP contribution in [0.5, 0.6) is 5.75 Å². The second kappa shape index (κ2) is 7.14. The van der Waals surface area contributed by atoms with E-state index in [0.717, 1.165) is 0 Å². The molecule has 0 radical (unpaired) electrons. The lowest BCUT2D eigenvalue weighted by molar-refractivity contribution is -0.124. The van der Waals surface area contributed by atoms with E-state index < -0.39 is 0 Å². The van der Waals surface area contributed by atoms with Crippen molar-refractivity contribution in [2.45, 2.75) is 19.4 Å². The van der Waals surface area contributed by atoms with Crippen molar-refractivity contribution in [2.24, 2.45) is 0 Å². The fourth-order valence-electron chi connectivity index (χ4n) is 1.25. The van der Waals surface area contributed by atoms with E-state index in [4.69, 9.17) is 21.4 Å². The van der Waals surface area contributed by atoms with E-state index >= 15 is 0 Å². The van der Waals surface area contributed by atoms with Crippen molar-refractivity contribution in [1.82, 2.24) is 5.32 Å². The smallest absolute Gasteiger partial charge is 0.258 e. The van der Waals surface area contributed by atoms with Gasteiger partial charge < -0.3 is 15.2 Å². The normalized spacial score (nSPS) is 11.9. The molecule has 4 nitrogen and oxygen atoms in total. The molecule has 0 aliphatic rings. The maximum Gasteiger partial charge on any atom is 0.258 e. The third kappa shape index (κ3) is 5.06. The molecular formula is C12H16ClNO3. The van der Waals surface area contributed by atoms with Crippen LogP contribution in [0, 0.1) is 0 Å². The summed E-state index contributed by atoms with van der Waals surface area (Å²) in [5, 5.41) is 12.1. The molecule has 0 saturated heterocycles. The molecule has 0 saturated carbocycles. The van der Waals surface area contributed by atoms with Gasteiger partial charge in [0.15, 0.2) is 6.61 Å². The van der Waals surface area contributed by atoms with Crippen molar-refractivity contribution < 1.29 is 14.6 Å². The molecule has 94 valence electrons. The summed E-state index contributed by atoms with van der Waals surface area (Å²) in [6.07, 6.45) is 0.680. The van der Waals surface area contributed by atoms with Crippen LogP contribution in [0.15, 0.2) is 24.3 Å². The van der Waals surface area contributed by atoms with Crippen LogP contribution in [0.2, 0.25) is 5.02 Å². The highest BCUT2D eigenvalue weighted by Crippen LogP contribution is 2.16. The summed E-state index contributed by atoms with van der Waals surface area (Å²) >= 11 is 5.78. The SMILES string of the molecule is CC[C@@H](CO)NC(=O)COc1cccc(Cl)c1. The van der Waals surface area contributed by atoms with Crippen LogP contribution in [0.3, 0.4) is 0 Å². The molecule has 0 fully saturated rings. The maximum atomic E-state index is 11.4. The standard InChI is InChI=1S/C12H16ClNO3/c1-2-10(7-15)14-12(16)8-17-11-5-3-4-9(13)6-11/h3-6,10,15H,2,7-8H2,1H3,(H,14,16)/t10-/m0/s1. The molecule has 1 rings (SSSR count). The first kappa shape index (κ1) is 13.8. The second-order valence-electron chi connectivity index (χ2n) is 3.60. The van der Waals surface area contributed by atoms with Crippen LogP contribution in [0.25, 0.3) is 0 Å². The lowest BCUT2D eigenvalue weighted by Crippen LogP contribution is -2.39. The highest BCUT2D eigenvalue weighted by Gasteiger charge is 2.09. The monoisotopic (exact) mass is 257 g/mol. The number of ether oxygens (including phenoxy) is 1. The number of halogens is 1. The zero-order valence-electron chi connectivity index (χ0n) is 9.65. The van der Waals surface area contributed by atoms with Crippen molar-refractivity contribution in [3.8, 4) is 5.75 Å². The minimum Gasteiger partial charge on any atom is -0.484 e. The van der Waals surface area contributed by atoms with Gasteiger partial charge in [0.2, 0.25) is 0 Å². The lowest BCUT2D eigenvalue weighted by Gasteiger charge is -2.14. The van der Waals surface area contributed by atoms with Crippen molar-refractivity contribution in [2.75, 3.05) is 13.2 Å². The molecule has 0 bridgehead atoms. The molecule has 17 heavy (non-hydrogen) atoms. The minimum absolute atomic E-state index is 0.0700. The third-order valence-electron chi connectivity index (χ3n) is 2.24. The Morgan fingerprint density at radius 3 is 2.94 bits per heavy atom. The first-order valence-corrected chi connectivity index (χ1v) is 5.82. The number of benzene rings is 1. The Morgan fingerprint density at radius 1 is 1.59 bits per heavy atom. The quantitative estimate of drug-likeness (QED) is 0.814. The van der Waals surface area contributed by atoms with Crippen molar-refractivity contribution in [1.29, 1.82) is 0 Å². The molecular weight excluding hydrogens is 242 g/mol. The van der Waals surface area contributed by atoms with E-state index in [0.29, 0.717) is 17.2 Å². The summed E-state index contributed by atoms with van der Waals surface area (Å²) in [5.41, 5.74) is 0. The van der Waals surface area contributed by atoms with E-state index in [1.54, 1.807) is 24.3 Å². The van der Waals surface area contributed by atoms with Gasteiger partial charge in [-0.3, -0.25) is 4.79 Å². The first-order chi connectivity index (χ1) is 8.15. The van der Waals surface area contributed by atoms with E-state index in [2.05, 4.69) is 5.32 Å². The molecule has 0 heterocycles. The average Bonchev–Trinajstić information content (AvgIpc) is 2.33. The Kier molecular flexibility index (Phi) is 5.80. The Hall–Kier alpha value is -1.26. The third-order valence-corrected chi connectivity index (χ3v) is 2.48. The van der Waals surface area contributed by atoms with Crippen molar-refractivity contribution in [3.05, 3.63) is 29.3 Å². The van der Waals surface area contributed by atoms with Gasteiger partial charge in [-0.15, -0.1) is 0 Å². The lowest BCUT2D eigenvalue weighted by atomic mass is 10.2. The summed E-state index contributed by atoms with van der Waals surface area (Å²) in [7, 11) is 0. The Morgan fingerprint density at radius 2 is 2.35 bits per heavy atom. The number of nitrogens with one attached hydrogen (secondary N) is 1. The number of rotatable bonds is 6. The van der Waals surface area contributed by atoms with Crippen LogP contribution < -0.4 is 10.1 Å². The summed E-state index contributed by atoms with van der Waals surface area (Å²) < 4.78 is 5.26. The fraction of sp³-hybridized carbons (Fsp3) is 0.417. The second-order valence-corrected chi connectivity index (χ2v) is 4.04.